The number of unbranched alkanes of at least 4 members (excludes halogenated alkanes) is 1. The minimum atomic E-state index is -3.73. The number of sulfonamides is 1. The summed E-state index contributed by atoms with van der Waals surface area (Å²) in [7, 11) is -3.73. The lowest BCUT2D eigenvalue weighted by atomic mass is 10.1. The Labute approximate surface area is 204 Å². The number of benzene rings is 2. The fraction of sp³-hybridized carbons (Fsp3) is 0.462. The van der Waals surface area contributed by atoms with Crippen molar-refractivity contribution in [3.63, 3.8) is 0 Å². The Morgan fingerprint density at radius 1 is 1.03 bits per heavy atom. The third kappa shape index (κ3) is 7.58. The number of hydrogen-bond donors (Lipinski definition) is 1. The molecule has 0 bridgehead atoms. The molecule has 2 amide bonds. The smallest absolute Gasteiger partial charge is 0.244 e. The van der Waals surface area contributed by atoms with E-state index in [2.05, 4.69) is 5.32 Å². The maximum atomic E-state index is 13.5. The van der Waals surface area contributed by atoms with E-state index in [0.29, 0.717) is 12.2 Å². The fourth-order valence-corrected chi connectivity index (χ4v) is 4.45. The van der Waals surface area contributed by atoms with E-state index in [4.69, 9.17) is 0 Å². The standard InChI is InChI=1S/C26H37N3O4S/c1-6-8-17-27-26(31)21(4)28(18-23-12-10-9-11-20(23)3)25(30)19-29(34(5,32)33)24-15-13-22(7-2)14-16-24/h9-16,21H,6-8,17-19H2,1-5H3,(H,27,31)/t21-/m0/s1. The van der Waals surface area contributed by atoms with Gasteiger partial charge in [-0.05, 0) is 55.5 Å². The molecule has 0 aliphatic rings. The van der Waals surface area contributed by atoms with E-state index in [1.54, 1.807) is 19.1 Å². The molecule has 0 spiro atoms. The van der Waals surface area contributed by atoms with Gasteiger partial charge in [-0.2, -0.15) is 0 Å². The van der Waals surface area contributed by atoms with Crippen LogP contribution in [-0.2, 0) is 32.6 Å². The normalized spacial score (nSPS) is 12.1. The number of anilines is 1. The van der Waals surface area contributed by atoms with Crippen molar-refractivity contribution in [3.05, 3.63) is 65.2 Å². The van der Waals surface area contributed by atoms with Gasteiger partial charge in [0.1, 0.15) is 12.6 Å². The first-order chi connectivity index (χ1) is 16.1. The van der Waals surface area contributed by atoms with Crippen molar-refractivity contribution in [2.45, 2.75) is 59.5 Å². The van der Waals surface area contributed by atoms with Crippen LogP contribution in [0.5, 0.6) is 0 Å². The molecule has 0 heterocycles. The molecule has 7 nitrogen and oxygen atoms in total. The van der Waals surface area contributed by atoms with Crippen LogP contribution in [0.4, 0.5) is 5.69 Å². The molecule has 2 aromatic rings. The molecule has 1 atom stereocenters. The average molecular weight is 488 g/mol. The second-order valence-corrected chi connectivity index (χ2v) is 10.5. The number of nitrogens with zero attached hydrogens (tertiary/aromatic N) is 2. The van der Waals surface area contributed by atoms with E-state index in [0.717, 1.165) is 46.5 Å². The second kappa shape index (κ2) is 12.6. The molecule has 0 saturated heterocycles. The molecule has 34 heavy (non-hydrogen) atoms. The maximum Gasteiger partial charge on any atom is 0.244 e. The van der Waals surface area contributed by atoms with Gasteiger partial charge < -0.3 is 10.2 Å². The van der Waals surface area contributed by atoms with E-state index in [9.17, 15) is 18.0 Å². The highest BCUT2D eigenvalue weighted by Gasteiger charge is 2.30. The van der Waals surface area contributed by atoms with Gasteiger partial charge in [0.2, 0.25) is 21.8 Å². The zero-order valence-corrected chi connectivity index (χ0v) is 21.7. The van der Waals surface area contributed by atoms with Gasteiger partial charge in [0, 0.05) is 13.1 Å². The van der Waals surface area contributed by atoms with E-state index < -0.39 is 22.0 Å². The molecule has 2 aromatic carbocycles. The van der Waals surface area contributed by atoms with E-state index in [1.807, 2.05) is 57.2 Å². The van der Waals surface area contributed by atoms with Gasteiger partial charge in [0.15, 0.2) is 0 Å². The lowest BCUT2D eigenvalue weighted by Crippen LogP contribution is -2.51. The Kier molecular flexibility index (Phi) is 10.1. The molecular weight excluding hydrogens is 450 g/mol. The van der Waals surface area contributed by atoms with Crippen LogP contribution >= 0.6 is 0 Å². The van der Waals surface area contributed by atoms with Gasteiger partial charge in [-0.25, -0.2) is 8.42 Å². The number of nitrogens with one attached hydrogen (secondary N) is 1. The van der Waals surface area contributed by atoms with Gasteiger partial charge in [-0.1, -0.05) is 56.7 Å². The van der Waals surface area contributed by atoms with Crippen molar-refractivity contribution in [1.82, 2.24) is 10.2 Å². The quantitative estimate of drug-likeness (QED) is 0.463. The zero-order chi connectivity index (χ0) is 25.3. The van der Waals surface area contributed by atoms with Gasteiger partial charge in [-0.3, -0.25) is 13.9 Å². The van der Waals surface area contributed by atoms with Crippen molar-refractivity contribution in [2.75, 3.05) is 23.7 Å². The molecule has 186 valence electrons. The van der Waals surface area contributed by atoms with Crippen LogP contribution < -0.4 is 9.62 Å². The van der Waals surface area contributed by atoms with Crippen LogP contribution in [0.15, 0.2) is 48.5 Å². The summed E-state index contributed by atoms with van der Waals surface area (Å²) in [5, 5.41) is 2.88. The monoisotopic (exact) mass is 487 g/mol. The summed E-state index contributed by atoms with van der Waals surface area (Å²) in [6, 6.07) is 14.0. The summed E-state index contributed by atoms with van der Waals surface area (Å²) < 4.78 is 26.3. The van der Waals surface area contributed by atoms with Crippen molar-refractivity contribution < 1.29 is 18.0 Å². The largest absolute Gasteiger partial charge is 0.354 e. The first-order valence-electron chi connectivity index (χ1n) is 11.8. The Bertz CT molecular complexity index is 1070. The topological polar surface area (TPSA) is 86.8 Å². The molecule has 0 unspecified atom stereocenters. The molecule has 1 N–H and O–H groups in total. The van der Waals surface area contributed by atoms with Crippen LogP contribution in [0.3, 0.4) is 0 Å². The van der Waals surface area contributed by atoms with E-state index >= 15 is 0 Å². The third-order valence-electron chi connectivity index (χ3n) is 5.91. The molecule has 0 aliphatic heterocycles. The van der Waals surface area contributed by atoms with Gasteiger partial charge >= 0.3 is 0 Å². The van der Waals surface area contributed by atoms with E-state index in [1.165, 1.54) is 4.90 Å². The fourth-order valence-electron chi connectivity index (χ4n) is 3.60. The van der Waals surface area contributed by atoms with Gasteiger partial charge in [-0.15, -0.1) is 0 Å². The van der Waals surface area contributed by atoms with Gasteiger partial charge in [0.05, 0.1) is 11.9 Å². The highest BCUT2D eigenvalue weighted by molar-refractivity contribution is 7.92. The Balaban J connectivity index is 2.35. The third-order valence-corrected chi connectivity index (χ3v) is 7.05. The summed E-state index contributed by atoms with van der Waals surface area (Å²) in [5.74, 6) is -0.694. The van der Waals surface area contributed by atoms with Crippen molar-refractivity contribution in [1.29, 1.82) is 0 Å². The predicted octanol–water partition coefficient (Wildman–Crippen LogP) is 3.66. The molecule has 8 heteroatoms. The van der Waals surface area contributed by atoms with Crippen molar-refractivity contribution in [3.8, 4) is 0 Å². The molecule has 2 rings (SSSR count). The van der Waals surface area contributed by atoms with E-state index in [-0.39, 0.29) is 19.0 Å². The Morgan fingerprint density at radius 3 is 2.24 bits per heavy atom. The number of rotatable bonds is 12. The lowest BCUT2D eigenvalue weighted by molar-refractivity contribution is -0.139. The van der Waals surface area contributed by atoms with Crippen LogP contribution in [0.1, 0.15) is 50.3 Å². The zero-order valence-electron chi connectivity index (χ0n) is 20.9. The predicted molar refractivity (Wildman–Crippen MR) is 137 cm³/mol. The van der Waals surface area contributed by atoms with Gasteiger partial charge in [0.25, 0.3) is 0 Å². The summed E-state index contributed by atoms with van der Waals surface area (Å²) in [6.07, 6.45) is 3.70. The molecule has 0 aliphatic carbocycles. The average Bonchev–Trinajstić information content (AvgIpc) is 2.81. The van der Waals surface area contributed by atoms with Crippen molar-refractivity contribution >= 4 is 27.5 Å². The number of carbonyl (C=O) groups is 2. The Morgan fingerprint density at radius 2 is 1.68 bits per heavy atom. The van der Waals surface area contributed by atoms with Crippen molar-refractivity contribution in [2.24, 2.45) is 0 Å². The van der Waals surface area contributed by atoms with Crippen LogP contribution in [0, 0.1) is 6.92 Å². The Hall–Kier alpha value is -2.87. The number of amides is 2. The highest BCUT2D eigenvalue weighted by atomic mass is 32.2. The molecule has 0 saturated carbocycles. The summed E-state index contributed by atoms with van der Waals surface area (Å²) in [4.78, 5) is 27.8. The lowest BCUT2D eigenvalue weighted by Gasteiger charge is -2.32. The minimum absolute atomic E-state index is 0.209. The summed E-state index contributed by atoms with van der Waals surface area (Å²) in [5.41, 5.74) is 3.39. The summed E-state index contributed by atoms with van der Waals surface area (Å²) in [6.45, 7) is 8.04. The first kappa shape index (κ1) is 27.4. The number of carbonyl (C=O) groups excluding carboxylic acids is 2. The maximum absolute atomic E-state index is 13.5. The molecule has 0 fully saturated rings. The molecule has 0 aromatic heterocycles. The molecule has 0 radical (unpaired) electrons. The van der Waals surface area contributed by atoms with Crippen LogP contribution in [0.25, 0.3) is 0 Å². The second-order valence-electron chi connectivity index (χ2n) is 8.56. The minimum Gasteiger partial charge on any atom is -0.354 e. The number of aryl methyl sites for hydroxylation is 2. The highest BCUT2D eigenvalue weighted by Crippen LogP contribution is 2.20. The molecular formula is C26H37N3O4S. The number of hydrogen-bond acceptors (Lipinski definition) is 4. The summed E-state index contributed by atoms with van der Waals surface area (Å²) >= 11 is 0. The van der Waals surface area contributed by atoms with Crippen LogP contribution in [-0.4, -0.2) is 50.5 Å². The SMILES string of the molecule is CCCCNC(=O)[C@H](C)N(Cc1ccccc1C)C(=O)CN(c1ccc(CC)cc1)S(C)(=O)=O. The first-order valence-corrected chi connectivity index (χ1v) is 13.6. The van der Waals surface area contributed by atoms with Crippen LogP contribution in [0.2, 0.25) is 0 Å².